The second-order valence-electron chi connectivity index (χ2n) is 20.8. The predicted molar refractivity (Wildman–Crippen MR) is 277 cm³/mol. The smallest absolute Gasteiger partial charge is 0.220 e. The molecule has 0 spiro atoms. The first-order chi connectivity index (χ1) is 35.8. The monoisotopic (exact) mass is 1060 g/mol. The average Bonchev–Trinajstić information content (AvgIpc) is 3.40. The number of nitrogens with one attached hydrogen (secondary N) is 1. The Hall–Kier alpha value is -1.73. The van der Waals surface area contributed by atoms with Gasteiger partial charge in [0.1, 0.15) is 73.2 Å². The highest BCUT2D eigenvalue weighted by Crippen LogP contribution is 2.33. The van der Waals surface area contributed by atoms with E-state index < -0.39 is 124 Å². The van der Waals surface area contributed by atoms with Gasteiger partial charge in [-0.05, 0) is 44.9 Å². The van der Waals surface area contributed by atoms with Gasteiger partial charge in [-0.15, -0.1) is 0 Å². The molecule has 0 aromatic rings. The third kappa shape index (κ3) is 24.1. The number of unbranched alkanes of at least 4 members (excludes halogenated alkanes) is 23. The maximum atomic E-state index is 13.3. The molecule has 0 aromatic heterocycles. The highest BCUT2D eigenvalue weighted by molar-refractivity contribution is 5.76. The van der Waals surface area contributed by atoms with Gasteiger partial charge in [0.2, 0.25) is 5.91 Å². The fourth-order valence-electron chi connectivity index (χ4n) is 9.71. The number of amides is 1. The lowest BCUT2D eigenvalue weighted by Crippen LogP contribution is -2.66. The largest absolute Gasteiger partial charge is 0.394 e. The third-order valence-corrected chi connectivity index (χ3v) is 14.5. The Labute approximate surface area is 441 Å². The van der Waals surface area contributed by atoms with Crippen molar-refractivity contribution in [1.29, 1.82) is 0 Å². The number of carbonyl (C=O) groups excluding carboxylic acids is 1. The minimum absolute atomic E-state index is 0.242. The molecule has 3 rings (SSSR count). The topological polar surface area (TPSA) is 307 Å². The molecule has 12 N–H and O–H groups in total. The van der Waals surface area contributed by atoms with Crippen molar-refractivity contribution in [2.45, 2.75) is 291 Å². The molecule has 17 unspecified atom stereocenters. The van der Waals surface area contributed by atoms with Gasteiger partial charge in [-0.25, -0.2) is 0 Å². The van der Waals surface area contributed by atoms with E-state index in [2.05, 4.69) is 31.3 Å². The van der Waals surface area contributed by atoms with E-state index >= 15 is 0 Å². The lowest BCUT2D eigenvalue weighted by atomic mass is 9.96. The van der Waals surface area contributed by atoms with Crippen molar-refractivity contribution in [3.63, 3.8) is 0 Å². The van der Waals surface area contributed by atoms with E-state index in [1.165, 1.54) is 109 Å². The van der Waals surface area contributed by atoms with Crippen LogP contribution in [0.1, 0.15) is 187 Å². The fraction of sp³-hybridized carbons (Fsp3) is 0.909. The molecular weight excluding hydrogens is 963 g/mol. The molecule has 74 heavy (non-hydrogen) atoms. The van der Waals surface area contributed by atoms with Crippen molar-refractivity contribution < 1.29 is 89.4 Å². The molecule has 3 aliphatic rings. The SMILES string of the molecule is CCCCCCCC/C=C\CCCCCCCCCCCC(=O)NC(COC1OC(CO)C(OC2OC(CO)C(OC3OC(CO)C(O)C(O)C3O)C(O)C2O)C(O)C1O)C(O)/C=C/CCCCCCCCCC. The Morgan fingerprint density at radius 2 is 0.851 bits per heavy atom. The number of hydrogen-bond donors (Lipinski definition) is 12. The lowest BCUT2D eigenvalue weighted by Gasteiger charge is -2.48. The fourth-order valence-corrected chi connectivity index (χ4v) is 9.71. The molecule has 0 radical (unpaired) electrons. The molecule has 3 fully saturated rings. The number of aliphatic hydroxyl groups is 11. The van der Waals surface area contributed by atoms with Gasteiger partial charge < -0.3 is 89.9 Å². The van der Waals surface area contributed by atoms with Crippen LogP contribution in [-0.2, 0) is 33.2 Å². The maximum absolute atomic E-state index is 13.3. The zero-order chi connectivity index (χ0) is 54.1. The number of allylic oxidation sites excluding steroid dienone is 3. The number of hydrogen-bond acceptors (Lipinski definition) is 18. The van der Waals surface area contributed by atoms with Gasteiger partial charge in [-0.3, -0.25) is 4.79 Å². The molecule has 0 aromatic carbocycles. The average molecular weight is 1060 g/mol. The summed E-state index contributed by atoms with van der Waals surface area (Å²) in [6, 6.07) is -0.969. The Bertz CT molecular complexity index is 1460. The van der Waals surface area contributed by atoms with Crippen LogP contribution in [-0.4, -0.2) is 193 Å². The molecule has 3 saturated heterocycles. The minimum atomic E-state index is -1.98. The van der Waals surface area contributed by atoms with Crippen molar-refractivity contribution in [2.75, 3.05) is 26.4 Å². The van der Waals surface area contributed by atoms with E-state index in [1.807, 2.05) is 6.08 Å². The van der Waals surface area contributed by atoms with Gasteiger partial charge in [0, 0.05) is 6.42 Å². The molecule has 19 nitrogen and oxygen atoms in total. The summed E-state index contributed by atoms with van der Waals surface area (Å²) in [6.07, 6.45) is 11.8. The summed E-state index contributed by atoms with van der Waals surface area (Å²) in [5.41, 5.74) is 0. The Morgan fingerprint density at radius 1 is 0.473 bits per heavy atom. The van der Waals surface area contributed by atoms with Crippen molar-refractivity contribution in [1.82, 2.24) is 5.32 Å². The van der Waals surface area contributed by atoms with Crippen LogP contribution in [0.5, 0.6) is 0 Å². The Balaban J connectivity index is 1.50. The Morgan fingerprint density at radius 3 is 1.31 bits per heavy atom. The first-order valence-electron chi connectivity index (χ1n) is 28.6. The molecular formula is C55H101NO18. The molecule has 0 saturated carbocycles. The molecule has 3 aliphatic heterocycles. The molecule has 1 amide bonds. The van der Waals surface area contributed by atoms with Crippen LogP contribution in [0.3, 0.4) is 0 Å². The summed E-state index contributed by atoms with van der Waals surface area (Å²) in [4.78, 5) is 13.3. The van der Waals surface area contributed by atoms with Gasteiger partial charge in [0.05, 0.1) is 38.6 Å². The lowest BCUT2D eigenvalue weighted by molar-refractivity contribution is -0.379. The number of aliphatic hydroxyl groups excluding tert-OH is 11. The van der Waals surface area contributed by atoms with Gasteiger partial charge in [0.25, 0.3) is 0 Å². The Kier molecular flexibility index (Phi) is 35.6. The van der Waals surface area contributed by atoms with Crippen LogP contribution in [0.2, 0.25) is 0 Å². The van der Waals surface area contributed by atoms with Crippen LogP contribution >= 0.6 is 0 Å². The molecule has 19 heteroatoms. The normalized spacial score (nSPS) is 31.6. The summed E-state index contributed by atoms with van der Waals surface area (Å²) < 4.78 is 34.1. The molecule has 0 bridgehead atoms. The minimum Gasteiger partial charge on any atom is -0.394 e. The molecule has 3 heterocycles. The van der Waals surface area contributed by atoms with Crippen molar-refractivity contribution in [2.24, 2.45) is 0 Å². The third-order valence-electron chi connectivity index (χ3n) is 14.5. The number of ether oxygens (including phenoxy) is 6. The number of carbonyl (C=O) groups is 1. The summed E-state index contributed by atoms with van der Waals surface area (Å²) in [5, 5.41) is 120. The van der Waals surface area contributed by atoms with Crippen molar-refractivity contribution in [3.8, 4) is 0 Å². The highest BCUT2D eigenvalue weighted by atomic mass is 16.8. The van der Waals surface area contributed by atoms with Crippen LogP contribution in [0, 0.1) is 0 Å². The van der Waals surface area contributed by atoms with Gasteiger partial charge >= 0.3 is 0 Å². The van der Waals surface area contributed by atoms with Crippen molar-refractivity contribution >= 4 is 5.91 Å². The van der Waals surface area contributed by atoms with E-state index in [0.717, 1.165) is 51.4 Å². The summed E-state index contributed by atoms with van der Waals surface area (Å²) >= 11 is 0. The second kappa shape index (κ2) is 39.6. The molecule has 17 atom stereocenters. The second-order valence-corrected chi connectivity index (χ2v) is 20.8. The van der Waals surface area contributed by atoms with Crippen LogP contribution < -0.4 is 5.32 Å². The van der Waals surface area contributed by atoms with Gasteiger partial charge in [-0.2, -0.15) is 0 Å². The summed E-state index contributed by atoms with van der Waals surface area (Å²) in [6.45, 7) is 1.67. The van der Waals surface area contributed by atoms with Crippen LogP contribution in [0.25, 0.3) is 0 Å². The summed E-state index contributed by atoms with van der Waals surface area (Å²) in [5.74, 6) is -0.280. The van der Waals surface area contributed by atoms with E-state index in [4.69, 9.17) is 28.4 Å². The van der Waals surface area contributed by atoms with E-state index in [1.54, 1.807) is 6.08 Å². The van der Waals surface area contributed by atoms with Gasteiger partial charge in [-0.1, -0.05) is 160 Å². The predicted octanol–water partition coefficient (Wildman–Crippen LogP) is 3.98. The summed E-state index contributed by atoms with van der Waals surface area (Å²) in [7, 11) is 0. The first-order valence-corrected chi connectivity index (χ1v) is 28.6. The molecule has 434 valence electrons. The number of rotatable bonds is 41. The van der Waals surface area contributed by atoms with Crippen molar-refractivity contribution in [3.05, 3.63) is 24.3 Å². The zero-order valence-electron chi connectivity index (χ0n) is 44.8. The van der Waals surface area contributed by atoms with E-state index in [9.17, 15) is 61.0 Å². The standard InChI is InChI=1S/C55H101NO18/c1-3-5-7-9-11-13-15-16-17-18-19-20-21-22-23-25-27-29-31-33-43(61)56-38(39(60)32-30-28-26-24-14-12-10-8-6-4-2)37-69-53-49(67)46(64)51(41(35-58)71-53)74-55-50(68)47(65)52(42(36-59)72-55)73-54-48(66)45(63)44(62)40(34-57)70-54/h16-17,30,32,38-42,44-55,57-60,62-68H,3-15,18-29,31,33-37H2,1-2H3,(H,56,61)/b17-16-,32-30+. The first kappa shape index (κ1) is 66.5. The van der Waals surface area contributed by atoms with Crippen LogP contribution in [0.15, 0.2) is 24.3 Å². The molecule has 0 aliphatic carbocycles. The maximum Gasteiger partial charge on any atom is 0.220 e. The van der Waals surface area contributed by atoms with E-state index in [-0.39, 0.29) is 18.9 Å². The quantitative estimate of drug-likeness (QED) is 0.0304. The van der Waals surface area contributed by atoms with Gasteiger partial charge in [0.15, 0.2) is 18.9 Å². The van der Waals surface area contributed by atoms with Crippen LogP contribution in [0.4, 0.5) is 0 Å². The van der Waals surface area contributed by atoms with E-state index in [0.29, 0.717) is 6.42 Å². The highest BCUT2D eigenvalue weighted by Gasteiger charge is 2.53. The zero-order valence-corrected chi connectivity index (χ0v) is 44.8.